The summed E-state index contributed by atoms with van der Waals surface area (Å²) in [5.74, 6) is 2.58. The molecule has 2 aliphatic rings. The summed E-state index contributed by atoms with van der Waals surface area (Å²) in [7, 11) is 0. The Hall–Kier alpha value is -0.900. The Morgan fingerprint density at radius 3 is 2.70 bits per heavy atom. The van der Waals surface area contributed by atoms with Crippen LogP contribution in [0, 0.1) is 5.41 Å². The highest BCUT2D eigenvalue weighted by atomic mass is 127. The number of aromatic nitrogens is 2. The fraction of sp³-hybridized carbons (Fsp3) is 0.842. The van der Waals surface area contributed by atoms with Crippen molar-refractivity contribution in [3.8, 4) is 0 Å². The molecule has 3 rings (SSSR count). The molecule has 2 fully saturated rings. The van der Waals surface area contributed by atoms with Crippen LogP contribution in [-0.2, 0) is 11.2 Å². The third-order valence-corrected chi connectivity index (χ3v) is 5.69. The highest BCUT2D eigenvalue weighted by Gasteiger charge is 2.59. The lowest BCUT2D eigenvalue weighted by molar-refractivity contribution is -0.168. The van der Waals surface area contributed by atoms with E-state index in [0.29, 0.717) is 36.4 Å². The van der Waals surface area contributed by atoms with Crippen molar-refractivity contribution in [3.63, 3.8) is 0 Å². The lowest BCUT2D eigenvalue weighted by Gasteiger charge is -2.61. The molecule has 0 bridgehead atoms. The van der Waals surface area contributed by atoms with Gasteiger partial charge < -0.3 is 19.9 Å². The molecule has 1 aromatic heterocycles. The second kappa shape index (κ2) is 10.0. The van der Waals surface area contributed by atoms with E-state index in [4.69, 9.17) is 14.3 Å². The molecular formula is C19H34IN5O2. The third kappa shape index (κ3) is 4.93. The molecule has 1 spiro atoms. The highest BCUT2D eigenvalue weighted by molar-refractivity contribution is 14.0. The van der Waals surface area contributed by atoms with Gasteiger partial charge in [0.1, 0.15) is 0 Å². The van der Waals surface area contributed by atoms with Gasteiger partial charge >= 0.3 is 0 Å². The fourth-order valence-electron chi connectivity index (χ4n) is 3.99. The van der Waals surface area contributed by atoms with Gasteiger partial charge in [0.25, 0.3) is 0 Å². The Balaban J connectivity index is 0.00000261. The van der Waals surface area contributed by atoms with Crippen LogP contribution in [0.2, 0.25) is 0 Å². The Kier molecular flexibility index (Phi) is 8.33. The van der Waals surface area contributed by atoms with Crippen LogP contribution >= 0.6 is 24.0 Å². The molecule has 0 aliphatic heterocycles. The third-order valence-electron chi connectivity index (χ3n) is 5.69. The fourth-order valence-corrected chi connectivity index (χ4v) is 3.99. The van der Waals surface area contributed by atoms with Crippen LogP contribution in [-0.4, -0.2) is 47.9 Å². The van der Waals surface area contributed by atoms with Crippen molar-refractivity contribution in [1.82, 2.24) is 20.8 Å². The van der Waals surface area contributed by atoms with E-state index < -0.39 is 0 Å². The zero-order chi connectivity index (χ0) is 18.6. The van der Waals surface area contributed by atoms with Crippen LogP contribution in [0.4, 0.5) is 0 Å². The number of nitrogens with one attached hydrogen (secondary N) is 2. The summed E-state index contributed by atoms with van der Waals surface area (Å²) >= 11 is 0. The monoisotopic (exact) mass is 491 g/mol. The SMILES string of the molecule is CCNC(=NCCc1nc(C(C)C)no1)NC1CC(OCC)C12CCC2.I. The summed E-state index contributed by atoms with van der Waals surface area (Å²) in [5, 5.41) is 11.0. The summed E-state index contributed by atoms with van der Waals surface area (Å²) in [5.41, 5.74) is 0.324. The molecule has 0 radical (unpaired) electrons. The van der Waals surface area contributed by atoms with Crippen molar-refractivity contribution in [1.29, 1.82) is 0 Å². The maximum absolute atomic E-state index is 5.94. The van der Waals surface area contributed by atoms with E-state index in [1.165, 1.54) is 19.3 Å². The molecule has 2 N–H and O–H groups in total. The quantitative estimate of drug-likeness (QED) is 0.330. The van der Waals surface area contributed by atoms with E-state index in [1.807, 2.05) is 0 Å². The largest absolute Gasteiger partial charge is 0.378 e. The topological polar surface area (TPSA) is 84.6 Å². The molecule has 1 heterocycles. The van der Waals surface area contributed by atoms with Gasteiger partial charge in [-0.2, -0.15) is 4.98 Å². The number of ether oxygens (including phenoxy) is 1. The molecule has 27 heavy (non-hydrogen) atoms. The van der Waals surface area contributed by atoms with Gasteiger partial charge in [-0.05, 0) is 33.1 Å². The van der Waals surface area contributed by atoms with E-state index in [2.05, 4.69) is 48.5 Å². The lowest BCUT2D eigenvalue weighted by Crippen LogP contribution is -2.68. The number of halogens is 1. The van der Waals surface area contributed by atoms with E-state index in [9.17, 15) is 0 Å². The molecule has 0 saturated heterocycles. The minimum atomic E-state index is 0. The minimum Gasteiger partial charge on any atom is -0.378 e. The molecule has 2 aliphatic carbocycles. The Bertz CT molecular complexity index is 615. The molecule has 2 unspecified atom stereocenters. The second-order valence-electron chi connectivity index (χ2n) is 7.67. The lowest BCUT2D eigenvalue weighted by atomic mass is 9.51. The molecule has 8 heteroatoms. The highest BCUT2D eigenvalue weighted by Crippen LogP contribution is 2.57. The molecule has 0 amide bonds. The number of hydrogen-bond acceptors (Lipinski definition) is 5. The van der Waals surface area contributed by atoms with E-state index >= 15 is 0 Å². The number of rotatable bonds is 8. The molecule has 0 aromatic carbocycles. The molecule has 2 atom stereocenters. The number of guanidine groups is 1. The zero-order valence-corrected chi connectivity index (χ0v) is 19.3. The Labute approximate surface area is 179 Å². The maximum atomic E-state index is 5.94. The standard InChI is InChI=1S/C19H33N5O2.HI/c1-5-20-18(21-11-8-16-23-17(13(3)4)24-26-16)22-14-12-15(25-6-2)19(14)9-7-10-19;/h13-15H,5-12H2,1-4H3,(H2,20,21,22);1H. The zero-order valence-electron chi connectivity index (χ0n) is 17.0. The summed E-state index contributed by atoms with van der Waals surface area (Å²) in [6.45, 7) is 10.6. The van der Waals surface area contributed by atoms with Crippen LogP contribution in [0.15, 0.2) is 9.52 Å². The Morgan fingerprint density at radius 2 is 2.15 bits per heavy atom. The average Bonchev–Trinajstić information content (AvgIpc) is 3.01. The van der Waals surface area contributed by atoms with Gasteiger partial charge in [0, 0.05) is 36.9 Å². The van der Waals surface area contributed by atoms with Gasteiger partial charge in [-0.25, -0.2) is 0 Å². The van der Waals surface area contributed by atoms with Gasteiger partial charge in [0.05, 0.1) is 12.6 Å². The first-order chi connectivity index (χ1) is 12.6. The molecular weight excluding hydrogens is 457 g/mol. The van der Waals surface area contributed by atoms with Crippen LogP contribution < -0.4 is 10.6 Å². The summed E-state index contributed by atoms with van der Waals surface area (Å²) in [6.07, 6.45) is 5.97. The molecule has 7 nitrogen and oxygen atoms in total. The van der Waals surface area contributed by atoms with Crippen molar-refractivity contribution in [2.45, 2.75) is 77.9 Å². The normalized spacial score (nSPS) is 23.5. The van der Waals surface area contributed by atoms with Crippen LogP contribution in [0.25, 0.3) is 0 Å². The van der Waals surface area contributed by atoms with Crippen LogP contribution in [0.3, 0.4) is 0 Å². The first kappa shape index (κ1) is 22.4. The van der Waals surface area contributed by atoms with Crippen molar-refractivity contribution in [3.05, 3.63) is 11.7 Å². The summed E-state index contributed by atoms with van der Waals surface area (Å²) in [6, 6.07) is 0.460. The summed E-state index contributed by atoms with van der Waals surface area (Å²) in [4.78, 5) is 9.12. The Morgan fingerprint density at radius 1 is 1.37 bits per heavy atom. The minimum absolute atomic E-state index is 0. The van der Waals surface area contributed by atoms with Crippen molar-refractivity contribution in [2.24, 2.45) is 10.4 Å². The van der Waals surface area contributed by atoms with Gasteiger partial charge in [0.15, 0.2) is 11.8 Å². The second-order valence-corrected chi connectivity index (χ2v) is 7.67. The van der Waals surface area contributed by atoms with Crippen LogP contribution in [0.1, 0.15) is 71.0 Å². The predicted octanol–water partition coefficient (Wildman–Crippen LogP) is 3.26. The van der Waals surface area contributed by atoms with Crippen LogP contribution in [0.5, 0.6) is 0 Å². The van der Waals surface area contributed by atoms with E-state index in [0.717, 1.165) is 31.4 Å². The number of nitrogens with zero attached hydrogens (tertiary/aromatic N) is 3. The first-order valence-electron chi connectivity index (χ1n) is 10.1. The predicted molar refractivity (Wildman–Crippen MR) is 117 cm³/mol. The van der Waals surface area contributed by atoms with Gasteiger partial charge in [0.2, 0.25) is 5.89 Å². The van der Waals surface area contributed by atoms with Gasteiger partial charge in [-0.15, -0.1) is 24.0 Å². The number of hydrogen-bond donors (Lipinski definition) is 2. The smallest absolute Gasteiger partial charge is 0.228 e. The van der Waals surface area contributed by atoms with E-state index in [-0.39, 0.29) is 29.9 Å². The summed E-state index contributed by atoms with van der Waals surface area (Å²) < 4.78 is 11.2. The number of aliphatic imine (C=N–C) groups is 1. The molecule has 154 valence electrons. The van der Waals surface area contributed by atoms with Gasteiger partial charge in [-0.1, -0.05) is 25.4 Å². The van der Waals surface area contributed by atoms with E-state index in [1.54, 1.807) is 0 Å². The van der Waals surface area contributed by atoms with Crippen molar-refractivity contribution < 1.29 is 9.26 Å². The maximum Gasteiger partial charge on any atom is 0.228 e. The van der Waals surface area contributed by atoms with Crippen molar-refractivity contribution in [2.75, 3.05) is 19.7 Å². The first-order valence-corrected chi connectivity index (χ1v) is 10.1. The van der Waals surface area contributed by atoms with Gasteiger partial charge in [-0.3, -0.25) is 4.99 Å². The average molecular weight is 491 g/mol. The van der Waals surface area contributed by atoms with Crippen molar-refractivity contribution >= 4 is 29.9 Å². The molecule has 1 aromatic rings. The molecule has 2 saturated carbocycles.